The van der Waals surface area contributed by atoms with E-state index in [0.29, 0.717) is 12.5 Å². The van der Waals surface area contributed by atoms with Gasteiger partial charge in [-0.05, 0) is 29.2 Å². The molecule has 0 fully saturated rings. The monoisotopic (exact) mass is 293 g/mol. The van der Waals surface area contributed by atoms with Crippen molar-refractivity contribution in [2.45, 2.75) is 20.3 Å². The van der Waals surface area contributed by atoms with Crippen LogP contribution in [0.1, 0.15) is 19.4 Å². The fourth-order valence-corrected chi connectivity index (χ4v) is 2.35. The number of benzene rings is 1. The highest BCUT2D eigenvalue weighted by Gasteiger charge is 2.23. The zero-order valence-electron chi connectivity index (χ0n) is 10.1. The lowest BCUT2D eigenvalue weighted by Crippen LogP contribution is -2.18. The minimum atomic E-state index is 0.0941. The third-order valence-electron chi connectivity index (χ3n) is 3.09. The van der Waals surface area contributed by atoms with Crippen LogP contribution in [0.5, 0.6) is 0 Å². The standard InChI is InChI=1S/C14H16BrNO/c1-9(2)13-8-16-14(17)12(13)7-10-3-5-11(15)6-4-10/h3-6,9H,7-8H2,1-2H3,(H,16,17). The van der Waals surface area contributed by atoms with Crippen LogP contribution in [0, 0.1) is 5.92 Å². The van der Waals surface area contributed by atoms with Gasteiger partial charge < -0.3 is 5.32 Å². The molecule has 0 atom stereocenters. The first-order chi connectivity index (χ1) is 8.08. The van der Waals surface area contributed by atoms with Crippen molar-refractivity contribution in [2.24, 2.45) is 5.92 Å². The van der Waals surface area contributed by atoms with Gasteiger partial charge in [0.05, 0.1) is 0 Å². The van der Waals surface area contributed by atoms with E-state index >= 15 is 0 Å². The minimum Gasteiger partial charge on any atom is -0.349 e. The van der Waals surface area contributed by atoms with Crippen LogP contribution < -0.4 is 5.32 Å². The van der Waals surface area contributed by atoms with Crippen molar-refractivity contribution in [1.29, 1.82) is 0 Å². The molecule has 1 heterocycles. The predicted octanol–water partition coefficient (Wildman–Crippen LogP) is 3.07. The van der Waals surface area contributed by atoms with E-state index in [1.54, 1.807) is 0 Å². The Morgan fingerprint density at radius 1 is 1.29 bits per heavy atom. The molecule has 1 aromatic rings. The van der Waals surface area contributed by atoms with Gasteiger partial charge in [0.2, 0.25) is 5.91 Å². The summed E-state index contributed by atoms with van der Waals surface area (Å²) in [4.78, 5) is 11.8. The van der Waals surface area contributed by atoms with Gasteiger partial charge in [-0.3, -0.25) is 4.79 Å². The number of carbonyl (C=O) groups excluding carboxylic acids is 1. The first-order valence-corrected chi connectivity index (χ1v) is 6.62. The summed E-state index contributed by atoms with van der Waals surface area (Å²) in [5.74, 6) is 0.524. The number of halogens is 1. The Kier molecular flexibility index (Phi) is 3.67. The van der Waals surface area contributed by atoms with E-state index in [1.165, 1.54) is 11.1 Å². The zero-order valence-corrected chi connectivity index (χ0v) is 11.7. The van der Waals surface area contributed by atoms with Crippen LogP contribution in [-0.2, 0) is 11.2 Å². The second-order valence-corrected chi connectivity index (χ2v) is 5.56. The van der Waals surface area contributed by atoms with Gasteiger partial charge in [-0.15, -0.1) is 0 Å². The average Bonchev–Trinajstić information content (AvgIpc) is 2.64. The van der Waals surface area contributed by atoms with Crippen LogP contribution in [0.25, 0.3) is 0 Å². The third kappa shape index (κ3) is 2.78. The van der Waals surface area contributed by atoms with E-state index in [0.717, 1.165) is 16.5 Å². The van der Waals surface area contributed by atoms with Crippen molar-refractivity contribution in [2.75, 3.05) is 6.54 Å². The van der Waals surface area contributed by atoms with Gasteiger partial charge in [0, 0.05) is 23.0 Å². The summed E-state index contributed by atoms with van der Waals surface area (Å²) in [5, 5.41) is 2.91. The molecule has 1 aromatic carbocycles. The van der Waals surface area contributed by atoms with E-state index in [4.69, 9.17) is 0 Å². The molecule has 1 aliphatic heterocycles. The van der Waals surface area contributed by atoms with Gasteiger partial charge in [-0.1, -0.05) is 41.9 Å². The van der Waals surface area contributed by atoms with E-state index in [9.17, 15) is 4.79 Å². The molecule has 17 heavy (non-hydrogen) atoms. The summed E-state index contributed by atoms with van der Waals surface area (Å²) < 4.78 is 1.06. The Labute approximate surface area is 110 Å². The quantitative estimate of drug-likeness (QED) is 0.912. The summed E-state index contributed by atoms with van der Waals surface area (Å²) in [6.45, 7) is 4.98. The van der Waals surface area contributed by atoms with Crippen LogP contribution in [0.2, 0.25) is 0 Å². The molecule has 0 saturated heterocycles. The lowest BCUT2D eigenvalue weighted by molar-refractivity contribution is -0.116. The molecule has 1 amide bonds. The highest BCUT2D eigenvalue weighted by molar-refractivity contribution is 9.10. The molecule has 3 heteroatoms. The molecule has 1 N–H and O–H groups in total. The molecular weight excluding hydrogens is 278 g/mol. The fraction of sp³-hybridized carbons (Fsp3) is 0.357. The van der Waals surface area contributed by atoms with Gasteiger partial charge in [0.15, 0.2) is 0 Å². The summed E-state index contributed by atoms with van der Waals surface area (Å²) in [7, 11) is 0. The highest BCUT2D eigenvalue weighted by atomic mass is 79.9. The first-order valence-electron chi connectivity index (χ1n) is 5.82. The van der Waals surface area contributed by atoms with E-state index in [1.807, 2.05) is 12.1 Å². The Bertz CT molecular complexity index is 460. The normalized spacial score (nSPS) is 15.6. The molecule has 2 nitrogen and oxygen atoms in total. The van der Waals surface area contributed by atoms with Gasteiger partial charge >= 0.3 is 0 Å². The second kappa shape index (κ2) is 5.05. The first kappa shape index (κ1) is 12.4. The highest BCUT2D eigenvalue weighted by Crippen LogP contribution is 2.23. The van der Waals surface area contributed by atoms with E-state index in [-0.39, 0.29) is 5.91 Å². The topological polar surface area (TPSA) is 29.1 Å². The van der Waals surface area contributed by atoms with Crippen molar-refractivity contribution in [1.82, 2.24) is 5.32 Å². The lowest BCUT2D eigenvalue weighted by atomic mass is 9.95. The molecule has 0 spiro atoms. The number of hydrogen-bond acceptors (Lipinski definition) is 1. The summed E-state index contributed by atoms with van der Waals surface area (Å²) in [6.07, 6.45) is 0.729. The predicted molar refractivity (Wildman–Crippen MR) is 72.7 cm³/mol. The van der Waals surface area contributed by atoms with Crippen molar-refractivity contribution in [3.8, 4) is 0 Å². The van der Waals surface area contributed by atoms with E-state index < -0.39 is 0 Å². The molecule has 0 radical (unpaired) electrons. The second-order valence-electron chi connectivity index (χ2n) is 4.64. The number of amides is 1. The summed E-state index contributed by atoms with van der Waals surface area (Å²) >= 11 is 3.41. The largest absolute Gasteiger partial charge is 0.349 e. The smallest absolute Gasteiger partial charge is 0.247 e. The SMILES string of the molecule is CC(C)C1=C(Cc2ccc(Br)cc2)C(=O)NC1. The van der Waals surface area contributed by atoms with Crippen molar-refractivity contribution in [3.63, 3.8) is 0 Å². The average molecular weight is 294 g/mol. The molecule has 2 rings (SSSR count). The summed E-state index contributed by atoms with van der Waals surface area (Å²) in [5.41, 5.74) is 3.37. The van der Waals surface area contributed by atoms with Crippen LogP contribution in [0.3, 0.4) is 0 Å². The lowest BCUT2D eigenvalue weighted by Gasteiger charge is -2.08. The maximum absolute atomic E-state index is 11.8. The van der Waals surface area contributed by atoms with Crippen molar-refractivity contribution >= 4 is 21.8 Å². The third-order valence-corrected chi connectivity index (χ3v) is 3.62. The van der Waals surface area contributed by atoms with Gasteiger partial charge in [-0.2, -0.15) is 0 Å². The molecule has 1 aliphatic rings. The van der Waals surface area contributed by atoms with Crippen molar-refractivity contribution < 1.29 is 4.79 Å². The number of hydrogen-bond donors (Lipinski definition) is 1. The zero-order chi connectivity index (χ0) is 12.4. The van der Waals surface area contributed by atoms with Gasteiger partial charge in [-0.25, -0.2) is 0 Å². The molecule has 0 aliphatic carbocycles. The molecule has 90 valence electrons. The molecule has 0 bridgehead atoms. The van der Waals surface area contributed by atoms with Gasteiger partial charge in [0.25, 0.3) is 0 Å². The minimum absolute atomic E-state index is 0.0941. The summed E-state index contributed by atoms with van der Waals surface area (Å²) in [6, 6.07) is 8.14. The van der Waals surface area contributed by atoms with Crippen LogP contribution >= 0.6 is 15.9 Å². The van der Waals surface area contributed by atoms with Crippen LogP contribution in [0.4, 0.5) is 0 Å². The van der Waals surface area contributed by atoms with E-state index in [2.05, 4.69) is 47.2 Å². The number of carbonyl (C=O) groups is 1. The maximum atomic E-state index is 11.8. The maximum Gasteiger partial charge on any atom is 0.247 e. The van der Waals surface area contributed by atoms with Gasteiger partial charge in [0.1, 0.15) is 0 Å². The number of rotatable bonds is 3. The van der Waals surface area contributed by atoms with Crippen LogP contribution in [0.15, 0.2) is 39.9 Å². The molecule has 0 saturated carbocycles. The number of nitrogens with one attached hydrogen (secondary N) is 1. The molecule has 0 aromatic heterocycles. The Morgan fingerprint density at radius 2 is 1.94 bits per heavy atom. The Balaban J connectivity index is 2.24. The van der Waals surface area contributed by atoms with Crippen molar-refractivity contribution in [3.05, 3.63) is 45.4 Å². The Morgan fingerprint density at radius 3 is 2.53 bits per heavy atom. The van der Waals surface area contributed by atoms with Crippen LogP contribution in [-0.4, -0.2) is 12.5 Å². The molecular formula is C14H16BrNO. The fourth-order valence-electron chi connectivity index (χ4n) is 2.09. The Hall–Kier alpha value is -1.09. The molecule has 0 unspecified atom stereocenters.